The molecule has 2 aromatic carbocycles. The first-order chi connectivity index (χ1) is 9.65. The van der Waals surface area contributed by atoms with Gasteiger partial charge in [-0.1, -0.05) is 36.4 Å². The molecule has 4 heteroatoms. The minimum atomic E-state index is -0.673. The van der Waals surface area contributed by atoms with Gasteiger partial charge >= 0.3 is 0 Å². The molecule has 0 radical (unpaired) electrons. The molecule has 0 saturated heterocycles. The lowest BCUT2D eigenvalue weighted by atomic mass is 10.2. The van der Waals surface area contributed by atoms with E-state index in [1.54, 1.807) is 6.92 Å². The molecule has 2 nitrogen and oxygen atoms in total. The van der Waals surface area contributed by atoms with Crippen LogP contribution in [0.4, 0.5) is 14.5 Å². The molecule has 0 aliphatic heterocycles. The molecule has 0 saturated carbocycles. The van der Waals surface area contributed by atoms with Gasteiger partial charge in [-0.15, -0.1) is 0 Å². The highest BCUT2D eigenvalue weighted by atomic mass is 19.1. The van der Waals surface area contributed by atoms with E-state index in [9.17, 15) is 8.78 Å². The van der Waals surface area contributed by atoms with Crippen LogP contribution in [0.2, 0.25) is 0 Å². The Hall–Kier alpha value is -2.49. The standard InChI is InChI=1S/C16H14F2N2/c1-12(7-8-13-5-3-2-4-6-13)19-20-16-10-9-14(17)11-15(16)18/h2-11,20H,1H3/b8-7+,19-12-. The first-order valence-corrected chi connectivity index (χ1v) is 6.13. The summed E-state index contributed by atoms with van der Waals surface area (Å²) in [5.41, 5.74) is 4.44. The second-order valence-electron chi connectivity index (χ2n) is 4.23. The zero-order valence-electron chi connectivity index (χ0n) is 11.0. The number of hydrogen-bond donors (Lipinski definition) is 1. The van der Waals surface area contributed by atoms with Crippen LogP contribution < -0.4 is 5.43 Å². The van der Waals surface area contributed by atoms with E-state index >= 15 is 0 Å². The van der Waals surface area contributed by atoms with Crippen molar-refractivity contribution in [3.05, 3.63) is 71.8 Å². The van der Waals surface area contributed by atoms with Gasteiger partial charge < -0.3 is 0 Å². The number of nitrogens with zero attached hydrogens (tertiary/aromatic N) is 1. The van der Waals surface area contributed by atoms with E-state index < -0.39 is 11.6 Å². The monoisotopic (exact) mass is 272 g/mol. The van der Waals surface area contributed by atoms with E-state index in [1.807, 2.05) is 42.5 Å². The lowest BCUT2D eigenvalue weighted by Gasteiger charge is -2.02. The highest BCUT2D eigenvalue weighted by molar-refractivity contribution is 5.96. The molecule has 0 aliphatic carbocycles. The number of rotatable bonds is 4. The molecule has 20 heavy (non-hydrogen) atoms. The van der Waals surface area contributed by atoms with E-state index in [2.05, 4.69) is 10.5 Å². The van der Waals surface area contributed by atoms with Crippen LogP contribution in [0.3, 0.4) is 0 Å². The highest BCUT2D eigenvalue weighted by Crippen LogP contribution is 2.14. The van der Waals surface area contributed by atoms with Gasteiger partial charge in [-0.05, 0) is 30.7 Å². The normalized spacial score (nSPS) is 11.8. The topological polar surface area (TPSA) is 24.4 Å². The van der Waals surface area contributed by atoms with Gasteiger partial charge in [0, 0.05) is 6.07 Å². The number of allylic oxidation sites excluding steroid dienone is 1. The zero-order valence-corrected chi connectivity index (χ0v) is 11.0. The van der Waals surface area contributed by atoms with Gasteiger partial charge in [0.1, 0.15) is 5.82 Å². The maximum atomic E-state index is 13.4. The number of hydrogen-bond acceptors (Lipinski definition) is 2. The van der Waals surface area contributed by atoms with Crippen molar-refractivity contribution < 1.29 is 8.78 Å². The predicted octanol–water partition coefficient (Wildman–Crippen LogP) is 4.47. The molecule has 2 aromatic rings. The number of benzene rings is 2. The summed E-state index contributed by atoms with van der Waals surface area (Å²) >= 11 is 0. The third-order valence-electron chi connectivity index (χ3n) is 2.60. The van der Waals surface area contributed by atoms with Gasteiger partial charge in [0.15, 0.2) is 5.82 Å². The molecule has 0 fully saturated rings. The summed E-state index contributed by atoms with van der Waals surface area (Å²) in [6.45, 7) is 1.79. The summed E-state index contributed by atoms with van der Waals surface area (Å²) in [5.74, 6) is -1.29. The number of halogens is 2. The predicted molar refractivity (Wildman–Crippen MR) is 78.6 cm³/mol. The van der Waals surface area contributed by atoms with Crippen molar-refractivity contribution in [2.24, 2.45) is 5.10 Å². The van der Waals surface area contributed by atoms with Crippen LogP contribution in [0, 0.1) is 11.6 Å². The molecule has 0 spiro atoms. The summed E-state index contributed by atoms with van der Waals surface area (Å²) in [5, 5.41) is 4.02. The van der Waals surface area contributed by atoms with Crippen LogP contribution in [0.25, 0.3) is 6.08 Å². The van der Waals surface area contributed by atoms with Crippen molar-refractivity contribution >= 4 is 17.5 Å². The summed E-state index contributed by atoms with van der Waals surface area (Å²) in [6, 6.07) is 13.1. The average molecular weight is 272 g/mol. The molecule has 2 rings (SSSR count). The molecule has 0 unspecified atom stereocenters. The van der Waals surface area contributed by atoms with Gasteiger partial charge in [0.25, 0.3) is 0 Å². The summed E-state index contributed by atoms with van der Waals surface area (Å²) in [6.07, 6.45) is 3.71. The Morgan fingerprint density at radius 3 is 2.55 bits per heavy atom. The smallest absolute Gasteiger partial charge is 0.151 e. The van der Waals surface area contributed by atoms with Gasteiger partial charge in [-0.3, -0.25) is 5.43 Å². The SMILES string of the molecule is CC(/C=C/c1ccccc1)=N/Nc1ccc(F)cc1F. The van der Waals surface area contributed by atoms with Crippen LogP contribution in [-0.2, 0) is 0 Å². The summed E-state index contributed by atoms with van der Waals surface area (Å²) in [4.78, 5) is 0. The Morgan fingerprint density at radius 2 is 1.85 bits per heavy atom. The molecule has 0 amide bonds. The minimum Gasteiger partial charge on any atom is -0.275 e. The first-order valence-electron chi connectivity index (χ1n) is 6.13. The maximum absolute atomic E-state index is 13.4. The molecule has 0 heterocycles. The molecular formula is C16H14F2N2. The van der Waals surface area contributed by atoms with E-state index in [-0.39, 0.29) is 5.69 Å². The summed E-state index contributed by atoms with van der Waals surface area (Å²) in [7, 11) is 0. The molecule has 0 aliphatic rings. The average Bonchev–Trinajstić information content (AvgIpc) is 2.45. The summed E-state index contributed by atoms with van der Waals surface area (Å²) < 4.78 is 26.1. The Labute approximate surface area is 116 Å². The number of hydrazone groups is 1. The molecular weight excluding hydrogens is 258 g/mol. The lowest BCUT2D eigenvalue weighted by molar-refractivity contribution is 0.585. The second kappa shape index (κ2) is 6.61. The van der Waals surface area contributed by atoms with E-state index in [1.165, 1.54) is 12.1 Å². The van der Waals surface area contributed by atoms with Gasteiger partial charge in [-0.2, -0.15) is 5.10 Å². The lowest BCUT2D eigenvalue weighted by Crippen LogP contribution is -1.97. The number of anilines is 1. The Balaban J connectivity index is 2.02. The zero-order chi connectivity index (χ0) is 14.4. The van der Waals surface area contributed by atoms with E-state index in [0.29, 0.717) is 5.71 Å². The van der Waals surface area contributed by atoms with Crippen molar-refractivity contribution in [1.29, 1.82) is 0 Å². The van der Waals surface area contributed by atoms with Crippen LogP contribution in [0.5, 0.6) is 0 Å². The molecule has 1 N–H and O–H groups in total. The fraction of sp³-hybridized carbons (Fsp3) is 0.0625. The van der Waals surface area contributed by atoms with Gasteiger partial charge in [0.05, 0.1) is 11.4 Å². The maximum Gasteiger partial charge on any atom is 0.151 e. The third-order valence-corrected chi connectivity index (χ3v) is 2.60. The Kier molecular flexibility index (Phi) is 4.60. The van der Waals surface area contributed by atoms with E-state index in [4.69, 9.17) is 0 Å². The fourth-order valence-corrected chi connectivity index (χ4v) is 1.55. The Bertz CT molecular complexity index is 634. The van der Waals surface area contributed by atoms with Gasteiger partial charge in [-0.25, -0.2) is 8.78 Å². The molecule has 0 bridgehead atoms. The second-order valence-corrected chi connectivity index (χ2v) is 4.23. The molecule has 0 atom stereocenters. The largest absolute Gasteiger partial charge is 0.275 e. The number of nitrogens with one attached hydrogen (secondary N) is 1. The van der Waals surface area contributed by atoms with Crippen molar-refractivity contribution in [2.45, 2.75) is 6.92 Å². The van der Waals surface area contributed by atoms with E-state index in [0.717, 1.165) is 11.6 Å². The van der Waals surface area contributed by atoms with Crippen molar-refractivity contribution in [1.82, 2.24) is 0 Å². The molecule has 0 aromatic heterocycles. The first kappa shape index (κ1) is 13.9. The van der Waals surface area contributed by atoms with Crippen molar-refractivity contribution in [2.75, 3.05) is 5.43 Å². The fourth-order valence-electron chi connectivity index (χ4n) is 1.55. The van der Waals surface area contributed by atoms with Gasteiger partial charge in [0.2, 0.25) is 0 Å². The van der Waals surface area contributed by atoms with Crippen LogP contribution in [0.15, 0.2) is 59.7 Å². The van der Waals surface area contributed by atoms with Crippen LogP contribution in [-0.4, -0.2) is 5.71 Å². The highest BCUT2D eigenvalue weighted by Gasteiger charge is 2.01. The quantitative estimate of drug-likeness (QED) is 0.644. The molecule has 102 valence electrons. The minimum absolute atomic E-state index is 0.138. The Morgan fingerprint density at radius 1 is 1.10 bits per heavy atom. The third kappa shape index (κ3) is 4.02. The van der Waals surface area contributed by atoms with Crippen LogP contribution in [0.1, 0.15) is 12.5 Å². The van der Waals surface area contributed by atoms with Crippen LogP contribution >= 0.6 is 0 Å². The van der Waals surface area contributed by atoms with Crippen molar-refractivity contribution in [3.8, 4) is 0 Å². The van der Waals surface area contributed by atoms with Crippen molar-refractivity contribution in [3.63, 3.8) is 0 Å².